The molecule has 2 nitrogen and oxygen atoms in total. The fraction of sp³-hybridized carbons (Fsp3) is 0.714. The van der Waals surface area contributed by atoms with E-state index in [4.69, 9.17) is 4.74 Å². The van der Waals surface area contributed by atoms with E-state index in [1.165, 1.54) is 11.3 Å². The van der Waals surface area contributed by atoms with Crippen molar-refractivity contribution in [3.05, 3.63) is 23.2 Å². The van der Waals surface area contributed by atoms with Crippen LogP contribution in [0.4, 0.5) is 4.39 Å². The van der Waals surface area contributed by atoms with Crippen LogP contribution < -0.4 is 0 Å². The summed E-state index contributed by atoms with van der Waals surface area (Å²) in [6, 6.07) is 0.501. The first kappa shape index (κ1) is 12.6. The van der Waals surface area contributed by atoms with E-state index in [-0.39, 0.29) is 11.9 Å². The lowest BCUT2D eigenvalue weighted by atomic mass is 9.86. The van der Waals surface area contributed by atoms with Gasteiger partial charge in [-0.3, -0.25) is 0 Å². The molecule has 2 aliphatic rings. The number of ether oxygens (including phenoxy) is 1. The van der Waals surface area contributed by atoms with Crippen LogP contribution in [0.2, 0.25) is 0 Å². The molecule has 96 valence electrons. The molecule has 0 aromatic rings. The van der Waals surface area contributed by atoms with Gasteiger partial charge < -0.3 is 9.64 Å². The molecule has 3 unspecified atom stereocenters. The molecule has 2 rings (SSSR count). The monoisotopic (exact) mass is 239 g/mol. The summed E-state index contributed by atoms with van der Waals surface area (Å²) in [6.07, 6.45) is 3.34. The number of rotatable bonds is 3. The van der Waals surface area contributed by atoms with Crippen LogP contribution in [0.5, 0.6) is 0 Å². The van der Waals surface area contributed by atoms with Crippen molar-refractivity contribution < 1.29 is 9.13 Å². The van der Waals surface area contributed by atoms with Gasteiger partial charge in [0.05, 0.1) is 18.5 Å². The van der Waals surface area contributed by atoms with Gasteiger partial charge in [0.1, 0.15) is 0 Å². The van der Waals surface area contributed by atoms with Crippen LogP contribution in [0.15, 0.2) is 23.2 Å². The lowest BCUT2D eigenvalue weighted by molar-refractivity contribution is 0.102. The summed E-state index contributed by atoms with van der Waals surface area (Å²) in [6.45, 7) is 7.15. The van der Waals surface area contributed by atoms with E-state index < -0.39 is 0 Å². The minimum Gasteiger partial charge on any atom is -0.383 e. The molecular weight excluding hydrogens is 217 g/mol. The zero-order valence-electron chi connectivity index (χ0n) is 11.2. The van der Waals surface area contributed by atoms with Gasteiger partial charge in [0.15, 0.2) is 0 Å². The molecule has 0 spiro atoms. The summed E-state index contributed by atoms with van der Waals surface area (Å²) in [5.41, 5.74) is 2.72. The van der Waals surface area contributed by atoms with E-state index in [9.17, 15) is 4.39 Å². The Morgan fingerprint density at radius 2 is 2.24 bits per heavy atom. The van der Waals surface area contributed by atoms with Gasteiger partial charge in [0, 0.05) is 24.8 Å². The van der Waals surface area contributed by atoms with Crippen molar-refractivity contribution in [3.63, 3.8) is 0 Å². The number of fused-ring (bicyclic) bond motifs is 1. The van der Waals surface area contributed by atoms with Gasteiger partial charge in [-0.1, -0.05) is 0 Å². The quantitative estimate of drug-likeness (QED) is 0.749. The molecule has 3 heteroatoms. The minimum absolute atomic E-state index is 0.0448. The molecule has 0 aromatic heterocycles. The Hall–Kier alpha value is -0.830. The second kappa shape index (κ2) is 4.81. The first-order valence-electron chi connectivity index (χ1n) is 6.37. The van der Waals surface area contributed by atoms with E-state index in [0.717, 1.165) is 6.42 Å². The maximum atomic E-state index is 13.5. The van der Waals surface area contributed by atoms with Crippen molar-refractivity contribution in [2.24, 2.45) is 5.92 Å². The van der Waals surface area contributed by atoms with Crippen molar-refractivity contribution in [2.75, 3.05) is 13.7 Å². The predicted molar refractivity (Wildman–Crippen MR) is 67.3 cm³/mol. The molecule has 0 saturated carbocycles. The lowest BCUT2D eigenvalue weighted by Crippen LogP contribution is -2.42. The molecule has 0 aromatic carbocycles. The van der Waals surface area contributed by atoms with Crippen molar-refractivity contribution in [3.8, 4) is 0 Å². The Bertz CT molecular complexity index is 361. The van der Waals surface area contributed by atoms with Crippen LogP contribution in [0, 0.1) is 5.92 Å². The molecule has 0 fully saturated rings. The zero-order chi connectivity index (χ0) is 12.6. The molecule has 0 N–H and O–H groups in total. The van der Waals surface area contributed by atoms with Crippen LogP contribution >= 0.6 is 0 Å². The van der Waals surface area contributed by atoms with Gasteiger partial charge in [-0.15, -0.1) is 0 Å². The summed E-state index contributed by atoms with van der Waals surface area (Å²) in [7, 11) is 1.72. The Kier molecular flexibility index (Phi) is 3.57. The molecule has 17 heavy (non-hydrogen) atoms. The van der Waals surface area contributed by atoms with E-state index in [1.807, 2.05) is 0 Å². The maximum absolute atomic E-state index is 13.5. The van der Waals surface area contributed by atoms with Crippen LogP contribution in [-0.4, -0.2) is 30.7 Å². The Balaban J connectivity index is 2.27. The van der Waals surface area contributed by atoms with Gasteiger partial charge in [-0.2, -0.15) is 0 Å². The highest BCUT2D eigenvalue weighted by Gasteiger charge is 2.39. The Morgan fingerprint density at radius 1 is 1.53 bits per heavy atom. The Labute approximate surface area is 103 Å². The number of allylic oxidation sites excluding steroid dienone is 2. The van der Waals surface area contributed by atoms with Gasteiger partial charge >= 0.3 is 0 Å². The summed E-state index contributed by atoms with van der Waals surface area (Å²) in [4.78, 5) is 2.32. The first-order valence-corrected chi connectivity index (χ1v) is 6.37. The molecule has 1 aliphatic carbocycles. The average molecular weight is 239 g/mol. The standard InChI is InChI=1S/C14H22FNO/c1-9(8-17-4)16-11(3)10(2)13-6-5-12(15)7-14(13)16/h7,9,13-14H,5-6,8H2,1-4H3. The van der Waals surface area contributed by atoms with Gasteiger partial charge in [0.2, 0.25) is 0 Å². The molecule has 0 radical (unpaired) electrons. The third-order valence-electron chi connectivity index (χ3n) is 4.18. The maximum Gasteiger partial charge on any atom is 0.0980 e. The second-order valence-electron chi connectivity index (χ2n) is 5.23. The number of methoxy groups -OCH3 is 1. The van der Waals surface area contributed by atoms with Crippen molar-refractivity contribution >= 4 is 0 Å². The summed E-state index contributed by atoms with van der Waals surface area (Å²) in [5, 5.41) is 0. The predicted octanol–water partition coefficient (Wildman–Crippen LogP) is 3.26. The largest absolute Gasteiger partial charge is 0.383 e. The van der Waals surface area contributed by atoms with Crippen molar-refractivity contribution in [1.82, 2.24) is 4.90 Å². The highest BCUT2D eigenvalue weighted by molar-refractivity contribution is 5.29. The minimum atomic E-state index is 0.0448. The van der Waals surface area contributed by atoms with Gasteiger partial charge in [0.25, 0.3) is 0 Å². The summed E-state index contributed by atoms with van der Waals surface area (Å²) >= 11 is 0. The van der Waals surface area contributed by atoms with Crippen molar-refractivity contribution in [1.29, 1.82) is 0 Å². The van der Waals surface area contributed by atoms with Gasteiger partial charge in [-0.05, 0) is 45.3 Å². The molecule has 0 saturated heterocycles. The highest BCUT2D eigenvalue weighted by Crippen LogP contribution is 2.42. The second-order valence-corrected chi connectivity index (χ2v) is 5.23. The van der Waals surface area contributed by atoms with E-state index in [2.05, 4.69) is 25.7 Å². The molecule has 1 aliphatic heterocycles. The number of hydrogen-bond donors (Lipinski definition) is 0. The SMILES string of the molecule is COCC(C)N1C(C)=C(C)C2CCC(F)=CC21. The molecule has 3 atom stereocenters. The number of nitrogens with zero attached hydrogens (tertiary/aromatic N) is 1. The third-order valence-corrected chi connectivity index (χ3v) is 4.18. The highest BCUT2D eigenvalue weighted by atomic mass is 19.1. The summed E-state index contributed by atoms with van der Waals surface area (Å²) in [5.74, 6) is 0.539. The van der Waals surface area contributed by atoms with E-state index in [0.29, 0.717) is 25.0 Å². The number of halogens is 1. The number of hydrogen-bond acceptors (Lipinski definition) is 2. The fourth-order valence-corrected chi connectivity index (χ4v) is 3.24. The fourth-order valence-electron chi connectivity index (χ4n) is 3.24. The van der Waals surface area contributed by atoms with Crippen LogP contribution in [0.25, 0.3) is 0 Å². The lowest BCUT2D eigenvalue weighted by Gasteiger charge is -2.36. The van der Waals surface area contributed by atoms with E-state index in [1.54, 1.807) is 13.2 Å². The van der Waals surface area contributed by atoms with Crippen molar-refractivity contribution in [2.45, 2.75) is 45.7 Å². The Morgan fingerprint density at radius 3 is 2.88 bits per heavy atom. The topological polar surface area (TPSA) is 12.5 Å². The third kappa shape index (κ3) is 2.13. The van der Waals surface area contributed by atoms with Gasteiger partial charge in [-0.25, -0.2) is 4.39 Å². The molecule has 0 bridgehead atoms. The summed E-state index contributed by atoms with van der Waals surface area (Å²) < 4.78 is 18.7. The molecular formula is C14H22FNO. The smallest absolute Gasteiger partial charge is 0.0980 e. The first-order chi connectivity index (χ1) is 8.06. The molecule has 0 amide bonds. The van der Waals surface area contributed by atoms with E-state index >= 15 is 0 Å². The van der Waals surface area contributed by atoms with Crippen LogP contribution in [0.3, 0.4) is 0 Å². The average Bonchev–Trinajstić information content (AvgIpc) is 2.51. The molecule has 1 heterocycles. The van der Waals surface area contributed by atoms with Crippen LogP contribution in [-0.2, 0) is 4.74 Å². The zero-order valence-corrected chi connectivity index (χ0v) is 11.2. The normalized spacial score (nSPS) is 30.4. The van der Waals surface area contributed by atoms with Crippen LogP contribution in [0.1, 0.15) is 33.6 Å².